The zero-order valence-electron chi connectivity index (χ0n) is 14.9. The molecule has 0 fully saturated rings. The summed E-state index contributed by atoms with van der Waals surface area (Å²) < 4.78 is 5.25. The minimum absolute atomic E-state index is 0.134. The predicted molar refractivity (Wildman–Crippen MR) is 110 cm³/mol. The van der Waals surface area contributed by atoms with Gasteiger partial charge in [-0.2, -0.15) is 0 Å². The number of halogens is 1. The summed E-state index contributed by atoms with van der Waals surface area (Å²) in [5.74, 6) is 1.30. The molecule has 1 heterocycles. The number of amides is 1. The Bertz CT molecular complexity index is 965. The monoisotopic (exact) mass is 399 g/mol. The number of anilines is 1. The molecule has 5 nitrogen and oxygen atoms in total. The summed E-state index contributed by atoms with van der Waals surface area (Å²) in [6.45, 7) is 1.90. The Balaban J connectivity index is 1.70. The summed E-state index contributed by atoms with van der Waals surface area (Å²) in [5, 5.41) is 4.21. The number of nitrogens with zero attached hydrogens (tertiary/aromatic N) is 2. The van der Waals surface area contributed by atoms with Gasteiger partial charge in [-0.25, -0.2) is 9.97 Å². The van der Waals surface area contributed by atoms with Crippen LogP contribution in [0.3, 0.4) is 0 Å². The normalized spacial score (nSPS) is 10.5. The van der Waals surface area contributed by atoms with Crippen LogP contribution in [-0.2, 0) is 4.79 Å². The van der Waals surface area contributed by atoms with Gasteiger partial charge in [0.2, 0.25) is 5.91 Å². The average Bonchev–Trinajstić information content (AvgIpc) is 2.66. The molecule has 0 saturated heterocycles. The van der Waals surface area contributed by atoms with Gasteiger partial charge < -0.3 is 10.1 Å². The summed E-state index contributed by atoms with van der Waals surface area (Å²) in [6, 6.07) is 16.5. The van der Waals surface area contributed by atoms with Crippen molar-refractivity contribution in [3.63, 3.8) is 0 Å². The second kappa shape index (κ2) is 8.88. The lowest BCUT2D eigenvalue weighted by atomic mass is 10.2. The highest BCUT2D eigenvalue weighted by molar-refractivity contribution is 7.99. The van der Waals surface area contributed by atoms with E-state index in [9.17, 15) is 4.79 Å². The van der Waals surface area contributed by atoms with Crippen molar-refractivity contribution in [2.24, 2.45) is 0 Å². The molecule has 2 aromatic carbocycles. The molecular weight excluding hydrogens is 382 g/mol. The van der Waals surface area contributed by atoms with Crippen molar-refractivity contribution in [1.29, 1.82) is 0 Å². The highest BCUT2D eigenvalue weighted by atomic mass is 35.5. The molecular formula is C20H18ClN3O2S. The summed E-state index contributed by atoms with van der Waals surface area (Å²) in [4.78, 5) is 21.3. The maximum Gasteiger partial charge on any atom is 0.234 e. The highest BCUT2D eigenvalue weighted by Gasteiger charge is 2.10. The van der Waals surface area contributed by atoms with Gasteiger partial charge >= 0.3 is 0 Å². The zero-order chi connectivity index (χ0) is 19.2. The minimum atomic E-state index is -0.134. The van der Waals surface area contributed by atoms with Crippen LogP contribution < -0.4 is 10.1 Å². The number of benzene rings is 2. The number of aromatic nitrogens is 2. The maximum atomic E-state index is 12.3. The predicted octanol–water partition coefficient (Wildman–Crippen LogP) is 4.84. The second-order valence-corrected chi connectivity index (χ2v) is 7.15. The van der Waals surface area contributed by atoms with E-state index >= 15 is 0 Å². The Morgan fingerprint density at radius 2 is 1.96 bits per heavy atom. The first-order valence-corrected chi connectivity index (χ1v) is 9.59. The number of aryl methyl sites for hydroxylation is 1. The van der Waals surface area contributed by atoms with Crippen molar-refractivity contribution in [2.75, 3.05) is 18.2 Å². The number of nitrogens with one attached hydrogen (secondary N) is 1. The van der Waals surface area contributed by atoms with E-state index in [0.717, 1.165) is 16.3 Å². The molecule has 3 rings (SSSR count). The molecule has 27 heavy (non-hydrogen) atoms. The number of thioether (sulfide) groups is 1. The molecule has 0 saturated carbocycles. The lowest BCUT2D eigenvalue weighted by Gasteiger charge is -2.10. The number of rotatable bonds is 6. The van der Waals surface area contributed by atoms with Crippen molar-refractivity contribution < 1.29 is 9.53 Å². The summed E-state index contributed by atoms with van der Waals surface area (Å²) in [6.07, 6.45) is 0. The standard InChI is InChI=1S/C20H18ClN3O2S/c1-13-10-19(24-20(22-13)14-6-5-7-15(21)11-14)27-12-18(25)23-16-8-3-4-9-17(16)26-2/h3-11H,12H2,1-2H3,(H,23,25). The van der Waals surface area contributed by atoms with Gasteiger partial charge in [-0.15, -0.1) is 0 Å². The first kappa shape index (κ1) is 19.2. The molecule has 0 spiro atoms. The molecule has 0 atom stereocenters. The van der Waals surface area contributed by atoms with E-state index < -0.39 is 0 Å². The van der Waals surface area contributed by atoms with Crippen LogP contribution in [0.5, 0.6) is 5.75 Å². The van der Waals surface area contributed by atoms with Crippen LogP contribution in [0, 0.1) is 6.92 Å². The third kappa shape index (κ3) is 5.21. The number of ether oxygens (including phenoxy) is 1. The fraction of sp³-hybridized carbons (Fsp3) is 0.150. The molecule has 0 radical (unpaired) electrons. The van der Waals surface area contributed by atoms with Crippen molar-refractivity contribution in [3.8, 4) is 17.1 Å². The van der Waals surface area contributed by atoms with Crippen LogP contribution in [0.1, 0.15) is 5.69 Å². The van der Waals surface area contributed by atoms with Crippen molar-refractivity contribution >= 4 is 35.0 Å². The lowest BCUT2D eigenvalue weighted by molar-refractivity contribution is -0.113. The average molecular weight is 400 g/mol. The van der Waals surface area contributed by atoms with Gasteiger partial charge in [-0.05, 0) is 37.3 Å². The Morgan fingerprint density at radius 3 is 2.74 bits per heavy atom. The van der Waals surface area contributed by atoms with Gasteiger partial charge in [0, 0.05) is 16.3 Å². The molecule has 0 aliphatic heterocycles. The number of carbonyl (C=O) groups excluding carboxylic acids is 1. The topological polar surface area (TPSA) is 64.1 Å². The minimum Gasteiger partial charge on any atom is -0.495 e. The number of hydrogen-bond donors (Lipinski definition) is 1. The number of carbonyl (C=O) groups is 1. The molecule has 0 aliphatic rings. The Hall–Kier alpha value is -2.57. The first-order chi connectivity index (χ1) is 13.0. The van der Waals surface area contributed by atoms with E-state index in [0.29, 0.717) is 22.3 Å². The molecule has 0 aliphatic carbocycles. The third-order valence-electron chi connectivity index (χ3n) is 3.65. The van der Waals surface area contributed by atoms with E-state index in [1.807, 2.05) is 43.3 Å². The van der Waals surface area contributed by atoms with E-state index in [2.05, 4.69) is 15.3 Å². The fourth-order valence-corrected chi connectivity index (χ4v) is 3.39. The Kier molecular flexibility index (Phi) is 6.32. The van der Waals surface area contributed by atoms with Gasteiger partial charge in [0.05, 0.1) is 18.6 Å². The molecule has 0 bridgehead atoms. The van der Waals surface area contributed by atoms with Crippen LogP contribution >= 0.6 is 23.4 Å². The number of para-hydroxylation sites is 2. The van der Waals surface area contributed by atoms with Crippen molar-refractivity contribution in [1.82, 2.24) is 9.97 Å². The van der Waals surface area contributed by atoms with E-state index in [-0.39, 0.29) is 11.7 Å². The summed E-state index contributed by atoms with van der Waals surface area (Å²) >= 11 is 7.41. The lowest BCUT2D eigenvalue weighted by Crippen LogP contribution is -2.14. The van der Waals surface area contributed by atoms with Crippen LogP contribution in [-0.4, -0.2) is 28.7 Å². The largest absolute Gasteiger partial charge is 0.495 e. The molecule has 0 unspecified atom stereocenters. The Labute approximate surface area is 167 Å². The SMILES string of the molecule is COc1ccccc1NC(=O)CSc1cc(C)nc(-c2cccc(Cl)c2)n1. The summed E-state index contributed by atoms with van der Waals surface area (Å²) in [5.41, 5.74) is 2.31. The third-order valence-corrected chi connectivity index (χ3v) is 4.79. The van der Waals surface area contributed by atoms with E-state index in [1.54, 1.807) is 25.3 Å². The fourth-order valence-electron chi connectivity index (χ4n) is 2.44. The van der Waals surface area contributed by atoms with Crippen molar-refractivity contribution in [2.45, 2.75) is 11.9 Å². The second-order valence-electron chi connectivity index (χ2n) is 5.72. The quantitative estimate of drug-likeness (QED) is 0.474. The smallest absolute Gasteiger partial charge is 0.234 e. The van der Waals surface area contributed by atoms with Crippen LogP contribution in [0.2, 0.25) is 5.02 Å². The van der Waals surface area contributed by atoms with Gasteiger partial charge in [-0.3, -0.25) is 4.79 Å². The zero-order valence-corrected chi connectivity index (χ0v) is 16.5. The van der Waals surface area contributed by atoms with E-state index in [1.165, 1.54) is 11.8 Å². The first-order valence-electron chi connectivity index (χ1n) is 8.22. The molecule has 3 aromatic rings. The molecule has 138 valence electrons. The van der Waals surface area contributed by atoms with Crippen LogP contribution in [0.4, 0.5) is 5.69 Å². The van der Waals surface area contributed by atoms with Gasteiger partial charge in [-0.1, -0.05) is 47.6 Å². The van der Waals surface area contributed by atoms with Gasteiger partial charge in [0.25, 0.3) is 0 Å². The van der Waals surface area contributed by atoms with Crippen LogP contribution in [0.25, 0.3) is 11.4 Å². The highest BCUT2D eigenvalue weighted by Crippen LogP contribution is 2.25. The molecule has 1 aromatic heterocycles. The van der Waals surface area contributed by atoms with Gasteiger partial charge in [0.1, 0.15) is 10.8 Å². The van der Waals surface area contributed by atoms with Gasteiger partial charge in [0.15, 0.2) is 5.82 Å². The summed E-state index contributed by atoms with van der Waals surface area (Å²) in [7, 11) is 1.57. The Morgan fingerprint density at radius 1 is 1.15 bits per heavy atom. The number of hydrogen-bond acceptors (Lipinski definition) is 5. The van der Waals surface area contributed by atoms with Crippen molar-refractivity contribution in [3.05, 3.63) is 65.3 Å². The molecule has 1 amide bonds. The molecule has 1 N–H and O–H groups in total. The maximum absolute atomic E-state index is 12.3. The molecule has 7 heteroatoms. The van der Waals surface area contributed by atoms with E-state index in [4.69, 9.17) is 16.3 Å². The number of methoxy groups -OCH3 is 1. The van der Waals surface area contributed by atoms with Crippen LogP contribution in [0.15, 0.2) is 59.6 Å².